The molecule has 19 heavy (non-hydrogen) atoms. The molecule has 1 heterocycles. The fraction of sp³-hybridized carbons (Fsp3) is 0.571. The zero-order chi connectivity index (χ0) is 13.7. The molecule has 1 aromatic carbocycles. The van der Waals surface area contributed by atoms with Crippen molar-refractivity contribution in [1.29, 1.82) is 0 Å². The zero-order valence-electron chi connectivity index (χ0n) is 11.0. The third-order valence-corrected chi connectivity index (χ3v) is 3.72. The van der Waals surface area contributed by atoms with E-state index in [-0.39, 0.29) is 23.3 Å². The van der Waals surface area contributed by atoms with Crippen LogP contribution in [0.4, 0.5) is 5.69 Å². The Kier molecular flexibility index (Phi) is 4.87. The molecule has 0 aromatic heterocycles. The van der Waals surface area contributed by atoms with Gasteiger partial charge in [0, 0.05) is 24.7 Å². The molecule has 2 rings (SSSR count). The number of hydrogen-bond acceptors (Lipinski definition) is 4. The van der Waals surface area contributed by atoms with Crippen molar-refractivity contribution in [3.8, 4) is 0 Å². The monoisotopic (exact) mass is 264 g/mol. The van der Waals surface area contributed by atoms with Gasteiger partial charge in [-0.2, -0.15) is 0 Å². The topological polar surface area (TPSA) is 66.6 Å². The highest BCUT2D eigenvalue weighted by Crippen LogP contribution is 2.21. The van der Waals surface area contributed by atoms with Crippen LogP contribution in [0.1, 0.15) is 31.2 Å². The number of non-ortho nitro benzene ring substituents is 1. The van der Waals surface area contributed by atoms with Crippen molar-refractivity contribution in [1.82, 2.24) is 4.90 Å². The molecule has 1 atom stereocenters. The number of nitrogens with zero attached hydrogens (tertiary/aromatic N) is 2. The van der Waals surface area contributed by atoms with Gasteiger partial charge < -0.3 is 5.11 Å². The van der Waals surface area contributed by atoms with Gasteiger partial charge >= 0.3 is 0 Å². The predicted molar refractivity (Wildman–Crippen MR) is 72.8 cm³/mol. The molecule has 1 aromatic rings. The average Bonchev–Trinajstić information content (AvgIpc) is 2.64. The Bertz CT molecular complexity index is 436. The number of rotatable bonds is 4. The first kappa shape index (κ1) is 14.0. The highest BCUT2D eigenvalue weighted by atomic mass is 16.6. The summed E-state index contributed by atoms with van der Waals surface area (Å²) >= 11 is 0. The van der Waals surface area contributed by atoms with E-state index in [0.29, 0.717) is 6.54 Å². The van der Waals surface area contributed by atoms with E-state index in [9.17, 15) is 15.2 Å². The van der Waals surface area contributed by atoms with Crippen LogP contribution in [0, 0.1) is 10.1 Å². The summed E-state index contributed by atoms with van der Waals surface area (Å²) < 4.78 is 0. The number of aliphatic hydroxyl groups excluding tert-OH is 1. The van der Waals surface area contributed by atoms with Crippen LogP contribution in [0.15, 0.2) is 24.3 Å². The predicted octanol–water partition coefficient (Wildman–Crippen LogP) is 2.33. The third-order valence-electron chi connectivity index (χ3n) is 3.72. The second-order valence-electron chi connectivity index (χ2n) is 5.08. The molecule has 0 saturated carbocycles. The van der Waals surface area contributed by atoms with Crippen LogP contribution >= 0.6 is 0 Å². The minimum atomic E-state index is -0.366. The summed E-state index contributed by atoms with van der Waals surface area (Å²) in [5.74, 6) is 0. The van der Waals surface area contributed by atoms with Gasteiger partial charge in [-0.15, -0.1) is 0 Å². The molecule has 1 saturated heterocycles. The number of aliphatic hydroxyl groups is 1. The van der Waals surface area contributed by atoms with Crippen molar-refractivity contribution in [2.24, 2.45) is 0 Å². The first-order chi connectivity index (χ1) is 9.20. The number of nitro groups is 1. The van der Waals surface area contributed by atoms with E-state index in [4.69, 9.17) is 0 Å². The Morgan fingerprint density at radius 3 is 2.95 bits per heavy atom. The molecule has 104 valence electrons. The Hall–Kier alpha value is -1.46. The smallest absolute Gasteiger partial charge is 0.269 e. The lowest BCUT2D eigenvalue weighted by atomic mass is 10.1. The van der Waals surface area contributed by atoms with Gasteiger partial charge in [0.2, 0.25) is 0 Å². The van der Waals surface area contributed by atoms with E-state index in [1.165, 1.54) is 12.5 Å². The Labute approximate surface area is 113 Å². The van der Waals surface area contributed by atoms with Crippen LogP contribution < -0.4 is 0 Å². The summed E-state index contributed by atoms with van der Waals surface area (Å²) in [6, 6.07) is 6.95. The maximum absolute atomic E-state index is 10.8. The first-order valence-corrected chi connectivity index (χ1v) is 6.79. The number of hydrogen-bond donors (Lipinski definition) is 1. The normalized spacial score (nSPS) is 21.0. The van der Waals surface area contributed by atoms with E-state index < -0.39 is 0 Å². The van der Waals surface area contributed by atoms with Gasteiger partial charge in [0.15, 0.2) is 0 Å². The van der Waals surface area contributed by atoms with Gasteiger partial charge in [-0.25, -0.2) is 0 Å². The molecular formula is C14H20N2O3. The molecule has 1 aliphatic heterocycles. The van der Waals surface area contributed by atoms with E-state index in [0.717, 1.165) is 31.4 Å². The molecule has 1 unspecified atom stereocenters. The lowest BCUT2D eigenvalue weighted by Crippen LogP contribution is -2.36. The summed E-state index contributed by atoms with van der Waals surface area (Å²) in [5.41, 5.74) is 1.07. The van der Waals surface area contributed by atoms with E-state index in [1.807, 2.05) is 6.07 Å². The summed E-state index contributed by atoms with van der Waals surface area (Å²) in [7, 11) is 0. The molecular weight excluding hydrogens is 244 g/mol. The highest BCUT2D eigenvalue weighted by molar-refractivity contribution is 5.34. The van der Waals surface area contributed by atoms with Gasteiger partial charge in [0.05, 0.1) is 11.5 Å². The molecule has 0 amide bonds. The maximum Gasteiger partial charge on any atom is 0.269 e. The molecule has 1 fully saturated rings. The van der Waals surface area contributed by atoms with E-state index >= 15 is 0 Å². The number of benzene rings is 1. The Morgan fingerprint density at radius 2 is 2.21 bits per heavy atom. The van der Waals surface area contributed by atoms with Crippen molar-refractivity contribution in [2.75, 3.05) is 13.2 Å². The Morgan fingerprint density at radius 1 is 1.37 bits per heavy atom. The first-order valence-electron chi connectivity index (χ1n) is 6.79. The fourth-order valence-corrected chi connectivity index (χ4v) is 2.65. The lowest BCUT2D eigenvalue weighted by Gasteiger charge is -2.28. The standard InChI is InChI=1S/C14H20N2O3/c17-11-14-6-2-1-3-8-15(14)10-12-5-4-7-13(9-12)16(18)19/h4-5,7,9,14,17H,1-3,6,8,10-11H2. The number of likely N-dealkylation sites (tertiary alicyclic amines) is 1. The average molecular weight is 264 g/mol. The molecule has 5 heteroatoms. The van der Waals surface area contributed by atoms with Crippen molar-refractivity contribution in [3.63, 3.8) is 0 Å². The van der Waals surface area contributed by atoms with Gasteiger partial charge in [0.25, 0.3) is 5.69 Å². The van der Waals surface area contributed by atoms with Gasteiger partial charge in [-0.05, 0) is 24.9 Å². The SMILES string of the molecule is O=[N+]([O-])c1cccc(CN2CCCCCC2CO)c1. The summed E-state index contributed by atoms with van der Waals surface area (Å²) in [6.07, 6.45) is 4.48. The molecule has 0 spiro atoms. The second-order valence-corrected chi connectivity index (χ2v) is 5.08. The van der Waals surface area contributed by atoms with Crippen LogP contribution in [0.5, 0.6) is 0 Å². The van der Waals surface area contributed by atoms with Crippen molar-refractivity contribution < 1.29 is 10.0 Å². The molecule has 0 bridgehead atoms. The van der Waals surface area contributed by atoms with Crippen LogP contribution in [-0.2, 0) is 6.54 Å². The highest BCUT2D eigenvalue weighted by Gasteiger charge is 2.20. The van der Waals surface area contributed by atoms with Gasteiger partial charge in [-0.3, -0.25) is 15.0 Å². The van der Waals surface area contributed by atoms with Crippen LogP contribution in [0.3, 0.4) is 0 Å². The van der Waals surface area contributed by atoms with Crippen molar-refractivity contribution in [2.45, 2.75) is 38.3 Å². The van der Waals surface area contributed by atoms with Crippen LogP contribution in [0.2, 0.25) is 0 Å². The van der Waals surface area contributed by atoms with Crippen molar-refractivity contribution >= 4 is 5.69 Å². The lowest BCUT2D eigenvalue weighted by molar-refractivity contribution is -0.384. The summed E-state index contributed by atoms with van der Waals surface area (Å²) in [6.45, 7) is 1.79. The maximum atomic E-state index is 10.8. The summed E-state index contributed by atoms with van der Waals surface area (Å²) in [5, 5.41) is 20.2. The molecule has 1 aliphatic rings. The second kappa shape index (κ2) is 6.63. The van der Waals surface area contributed by atoms with Gasteiger partial charge in [0.1, 0.15) is 0 Å². The molecule has 5 nitrogen and oxygen atoms in total. The largest absolute Gasteiger partial charge is 0.395 e. The quantitative estimate of drug-likeness (QED) is 0.669. The third kappa shape index (κ3) is 3.75. The van der Waals surface area contributed by atoms with E-state index in [2.05, 4.69) is 4.90 Å². The Balaban J connectivity index is 2.09. The van der Waals surface area contributed by atoms with Crippen LogP contribution in [0.25, 0.3) is 0 Å². The summed E-state index contributed by atoms with van der Waals surface area (Å²) in [4.78, 5) is 12.6. The minimum Gasteiger partial charge on any atom is -0.395 e. The van der Waals surface area contributed by atoms with E-state index in [1.54, 1.807) is 12.1 Å². The number of nitro benzene ring substituents is 1. The minimum absolute atomic E-state index is 0.132. The molecule has 1 N–H and O–H groups in total. The zero-order valence-corrected chi connectivity index (χ0v) is 11.0. The fourth-order valence-electron chi connectivity index (χ4n) is 2.65. The molecule has 0 radical (unpaired) electrons. The van der Waals surface area contributed by atoms with Gasteiger partial charge in [-0.1, -0.05) is 25.0 Å². The van der Waals surface area contributed by atoms with Crippen molar-refractivity contribution in [3.05, 3.63) is 39.9 Å². The molecule has 0 aliphatic carbocycles. The van der Waals surface area contributed by atoms with Crippen LogP contribution in [-0.4, -0.2) is 34.1 Å².